The minimum atomic E-state index is 0.231. The van der Waals surface area contributed by atoms with Gasteiger partial charge in [-0.1, -0.05) is 24.3 Å². The fraction of sp³-hybridized carbons (Fsp3) is 0.647. The zero-order valence-electron chi connectivity index (χ0n) is 12.1. The molecular weight excluding hydrogens is 250 g/mol. The molecular formula is C17H25NO2. The number of ether oxygens (including phenoxy) is 1. The number of hydrogen-bond donors (Lipinski definition) is 1. The van der Waals surface area contributed by atoms with Gasteiger partial charge in [0.05, 0.1) is 12.7 Å². The molecule has 2 aliphatic heterocycles. The number of aliphatic hydroxyl groups is 1. The van der Waals surface area contributed by atoms with Gasteiger partial charge in [0.25, 0.3) is 0 Å². The van der Waals surface area contributed by atoms with Crippen molar-refractivity contribution in [2.45, 2.75) is 44.2 Å². The molecule has 2 heterocycles. The molecule has 1 aromatic rings. The lowest BCUT2D eigenvalue weighted by molar-refractivity contribution is 0.0120. The molecule has 3 rings (SSSR count). The van der Waals surface area contributed by atoms with E-state index in [2.05, 4.69) is 29.2 Å². The van der Waals surface area contributed by atoms with E-state index in [9.17, 15) is 0 Å². The summed E-state index contributed by atoms with van der Waals surface area (Å²) in [5.74, 6) is 0. The van der Waals surface area contributed by atoms with Crippen LogP contribution in [0.1, 0.15) is 42.9 Å². The number of fused-ring (bicyclic) bond motifs is 1. The normalized spacial score (nSPS) is 26.6. The van der Waals surface area contributed by atoms with Crippen LogP contribution in [0.25, 0.3) is 0 Å². The minimum Gasteiger partial charge on any atom is -0.396 e. The van der Waals surface area contributed by atoms with E-state index in [-0.39, 0.29) is 6.10 Å². The van der Waals surface area contributed by atoms with E-state index in [0.29, 0.717) is 12.6 Å². The zero-order chi connectivity index (χ0) is 13.8. The van der Waals surface area contributed by atoms with Crippen molar-refractivity contribution in [1.82, 2.24) is 4.90 Å². The molecule has 0 radical (unpaired) electrons. The molecule has 1 fully saturated rings. The van der Waals surface area contributed by atoms with Crippen LogP contribution in [0.15, 0.2) is 24.3 Å². The first kappa shape index (κ1) is 14.1. The van der Waals surface area contributed by atoms with E-state index in [1.807, 2.05) is 0 Å². The van der Waals surface area contributed by atoms with Crippen molar-refractivity contribution in [1.29, 1.82) is 0 Å². The number of benzene rings is 1. The Morgan fingerprint density at radius 3 is 3.10 bits per heavy atom. The molecule has 20 heavy (non-hydrogen) atoms. The molecule has 2 aliphatic rings. The van der Waals surface area contributed by atoms with Crippen LogP contribution >= 0.6 is 0 Å². The van der Waals surface area contributed by atoms with Crippen LogP contribution in [0, 0.1) is 0 Å². The third kappa shape index (κ3) is 3.05. The number of nitrogens with zero attached hydrogens (tertiary/aromatic N) is 1. The van der Waals surface area contributed by atoms with Gasteiger partial charge in [0.15, 0.2) is 0 Å². The molecule has 0 bridgehead atoms. The standard InChI is InChI=1S/C17H25NO2/c19-11-4-7-15-6-3-10-18(15)13-17-16-8-2-1-5-14(16)9-12-20-17/h1-2,5,8,15,17,19H,3-4,6-7,9-13H2. The highest BCUT2D eigenvalue weighted by atomic mass is 16.5. The Morgan fingerprint density at radius 2 is 2.20 bits per heavy atom. The second kappa shape index (κ2) is 6.70. The van der Waals surface area contributed by atoms with Crippen molar-refractivity contribution in [3.05, 3.63) is 35.4 Å². The summed E-state index contributed by atoms with van der Waals surface area (Å²) in [7, 11) is 0. The van der Waals surface area contributed by atoms with Gasteiger partial charge in [-0.2, -0.15) is 0 Å². The van der Waals surface area contributed by atoms with Gasteiger partial charge >= 0.3 is 0 Å². The van der Waals surface area contributed by atoms with Gasteiger partial charge in [-0.25, -0.2) is 0 Å². The van der Waals surface area contributed by atoms with Crippen molar-refractivity contribution in [3.8, 4) is 0 Å². The van der Waals surface area contributed by atoms with Crippen LogP contribution in [0.3, 0.4) is 0 Å². The molecule has 0 amide bonds. The van der Waals surface area contributed by atoms with E-state index < -0.39 is 0 Å². The van der Waals surface area contributed by atoms with Crippen LogP contribution in [0.4, 0.5) is 0 Å². The Labute approximate surface area is 121 Å². The maximum Gasteiger partial charge on any atom is 0.0954 e. The highest BCUT2D eigenvalue weighted by molar-refractivity contribution is 5.31. The SMILES string of the molecule is OCCCC1CCCN1CC1OCCc2ccccc21. The smallest absolute Gasteiger partial charge is 0.0954 e. The first-order valence-corrected chi connectivity index (χ1v) is 7.93. The highest BCUT2D eigenvalue weighted by Crippen LogP contribution is 2.30. The van der Waals surface area contributed by atoms with E-state index in [1.54, 1.807) is 0 Å². The quantitative estimate of drug-likeness (QED) is 0.896. The second-order valence-corrected chi connectivity index (χ2v) is 5.97. The molecule has 0 aromatic heterocycles. The van der Waals surface area contributed by atoms with Crippen LogP contribution in [-0.2, 0) is 11.2 Å². The number of aliphatic hydroxyl groups excluding tert-OH is 1. The summed E-state index contributed by atoms with van der Waals surface area (Å²) in [6, 6.07) is 9.34. The van der Waals surface area contributed by atoms with E-state index >= 15 is 0 Å². The minimum absolute atomic E-state index is 0.231. The Morgan fingerprint density at radius 1 is 1.30 bits per heavy atom. The van der Waals surface area contributed by atoms with Crippen molar-refractivity contribution in [3.63, 3.8) is 0 Å². The number of likely N-dealkylation sites (tertiary alicyclic amines) is 1. The zero-order valence-corrected chi connectivity index (χ0v) is 12.1. The summed E-state index contributed by atoms with van der Waals surface area (Å²) in [5.41, 5.74) is 2.83. The lowest BCUT2D eigenvalue weighted by atomic mass is 9.97. The Balaban J connectivity index is 1.66. The molecule has 110 valence electrons. The highest BCUT2D eigenvalue weighted by Gasteiger charge is 2.29. The lowest BCUT2D eigenvalue weighted by Crippen LogP contribution is -2.35. The second-order valence-electron chi connectivity index (χ2n) is 5.97. The Hall–Kier alpha value is -0.900. The average molecular weight is 275 g/mol. The van der Waals surface area contributed by atoms with Gasteiger partial charge < -0.3 is 9.84 Å². The van der Waals surface area contributed by atoms with Crippen molar-refractivity contribution < 1.29 is 9.84 Å². The van der Waals surface area contributed by atoms with E-state index in [0.717, 1.165) is 32.4 Å². The summed E-state index contributed by atoms with van der Waals surface area (Å²) in [4.78, 5) is 2.57. The summed E-state index contributed by atoms with van der Waals surface area (Å²) < 4.78 is 6.03. The molecule has 0 saturated carbocycles. The van der Waals surface area contributed by atoms with E-state index in [1.165, 1.54) is 30.5 Å². The Bertz CT molecular complexity index is 435. The fourth-order valence-electron chi connectivity index (χ4n) is 3.63. The summed E-state index contributed by atoms with van der Waals surface area (Å²) in [5, 5.41) is 9.02. The van der Waals surface area contributed by atoms with Gasteiger partial charge in [-0.15, -0.1) is 0 Å². The summed E-state index contributed by atoms with van der Waals surface area (Å²) in [6.45, 7) is 3.34. The Kier molecular flexibility index (Phi) is 4.71. The van der Waals surface area contributed by atoms with Gasteiger partial charge in [-0.3, -0.25) is 4.90 Å². The fourth-order valence-corrected chi connectivity index (χ4v) is 3.63. The first-order chi connectivity index (χ1) is 9.88. The number of hydrogen-bond acceptors (Lipinski definition) is 3. The average Bonchev–Trinajstić information content (AvgIpc) is 2.93. The lowest BCUT2D eigenvalue weighted by Gasteiger charge is -2.32. The molecule has 3 heteroatoms. The van der Waals surface area contributed by atoms with Gasteiger partial charge in [0.1, 0.15) is 0 Å². The van der Waals surface area contributed by atoms with Gasteiger partial charge in [-0.05, 0) is 49.8 Å². The number of rotatable bonds is 5. The largest absolute Gasteiger partial charge is 0.396 e. The molecule has 1 saturated heterocycles. The maximum atomic E-state index is 9.02. The van der Waals surface area contributed by atoms with Crippen molar-refractivity contribution in [2.24, 2.45) is 0 Å². The van der Waals surface area contributed by atoms with Crippen LogP contribution in [0.2, 0.25) is 0 Å². The molecule has 2 atom stereocenters. The predicted octanol–water partition coefficient (Wildman–Crippen LogP) is 2.54. The van der Waals surface area contributed by atoms with Crippen LogP contribution in [0.5, 0.6) is 0 Å². The van der Waals surface area contributed by atoms with Gasteiger partial charge in [0.2, 0.25) is 0 Å². The summed E-state index contributed by atoms with van der Waals surface area (Å²) in [6.07, 6.45) is 5.86. The van der Waals surface area contributed by atoms with Crippen LogP contribution < -0.4 is 0 Å². The molecule has 1 aromatic carbocycles. The monoisotopic (exact) mass is 275 g/mol. The van der Waals surface area contributed by atoms with Crippen molar-refractivity contribution in [2.75, 3.05) is 26.3 Å². The molecule has 3 nitrogen and oxygen atoms in total. The summed E-state index contributed by atoms with van der Waals surface area (Å²) >= 11 is 0. The molecule has 2 unspecified atom stereocenters. The van der Waals surface area contributed by atoms with Crippen molar-refractivity contribution >= 4 is 0 Å². The third-order valence-electron chi connectivity index (χ3n) is 4.69. The predicted molar refractivity (Wildman–Crippen MR) is 79.8 cm³/mol. The van der Waals surface area contributed by atoms with Gasteiger partial charge in [0, 0.05) is 19.2 Å². The van der Waals surface area contributed by atoms with Crippen LogP contribution in [-0.4, -0.2) is 42.4 Å². The molecule has 0 spiro atoms. The third-order valence-corrected chi connectivity index (χ3v) is 4.69. The topological polar surface area (TPSA) is 32.7 Å². The van der Waals surface area contributed by atoms with E-state index in [4.69, 9.17) is 9.84 Å². The maximum absolute atomic E-state index is 9.02. The molecule has 1 N–H and O–H groups in total. The first-order valence-electron chi connectivity index (χ1n) is 7.93. The molecule has 0 aliphatic carbocycles.